The third kappa shape index (κ3) is 4.55. The molecule has 0 bridgehead atoms. The molecule has 0 spiro atoms. The highest BCUT2D eigenvalue weighted by Crippen LogP contribution is 2.25. The molecule has 0 aliphatic carbocycles. The smallest absolute Gasteiger partial charge is 0.253 e. The van der Waals surface area contributed by atoms with Gasteiger partial charge in [0.25, 0.3) is 5.91 Å². The Hall–Kier alpha value is -1.93. The van der Waals surface area contributed by atoms with Gasteiger partial charge in [-0.2, -0.15) is 0 Å². The Kier molecular flexibility index (Phi) is 6.40. The van der Waals surface area contributed by atoms with E-state index >= 15 is 0 Å². The summed E-state index contributed by atoms with van der Waals surface area (Å²) >= 11 is 6.07. The number of carbonyl (C=O) groups is 1. The molecule has 0 unspecified atom stereocenters. The van der Waals surface area contributed by atoms with Crippen LogP contribution in [0.25, 0.3) is 0 Å². The van der Waals surface area contributed by atoms with E-state index in [9.17, 15) is 13.2 Å². The summed E-state index contributed by atoms with van der Waals surface area (Å²) in [6, 6.07) is 14.7. The van der Waals surface area contributed by atoms with Gasteiger partial charge < -0.3 is 4.90 Å². The number of hydrogen-bond acceptors (Lipinski definition) is 4. The molecule has 6 nitrogen and oxygen atoms in total. The van der Waals surface area contributed by atoms with Crippen LogP contribution in [0.15, 0.2) is 53.4 Å². The van der Waals surface area contributed by atoms with Crippen LogP contribution in [0, 0.1) is 0 Å². The molecule has 0 saturated carbocycles. The molecular formula is C20H24ClN3O3S. The Balaban J connectivity index is 1.69. The topological polar surface area (TPSA) is 60.9 Å². The zero-order valence-corrected chi connectivity index (χ0v) is 17.6. The van der Waals surface area contributed by atoms with Crippen molar-refractivity contribution in [1.82, 2.24) is 14.1 Å². The first-order valence-electron chi connectivity index (χ1n) is 9.06. The minimum atomic E-state index is -3.72. The Bertz CT molecular complexity index is 940. The number of hydrogen-bond donors (Lipinski definition) is 0. The average Bonchev–Trinajstić information content (AvgIpc) is 2.69. The number of carbonyl (C=O) groups excluding carboxylic acids is 1. The van der Waals surface area contributed by atoms with Crippen molar-refractivity contribution in [3.8, 4) is 0 Å². The molecule has 1 saturated heterocycles. The number of amides is 1. The van der Waals surface area contributed by atoms with Gasteiger partial charge in [-0.15, -0.1) is 0 Å². The Morgan fingerprint density at radius 2 is 1.68 bits per heavy atom. The number of piperazine rings is 1. The minimum absolute atomic E-state index is 0.0484. The van der Waals surface area contributed by atoms with Crippen LogP contribution in [0.5, 0.6) is 0 Å². The van der Waals surface area contributed by atoms with Crippen LogP contribution < -0.4 is 0 Å². The molecule has 0 N–H and O–H groups in total. The van der Waals surface area contributed by atoms with Crippen LogP contribution in [0.3, 0.4) is 0 Å². The van der Waals surface area contributed by atoms with E-state index in [1.165, 1.54) is 31.8 Å². The van der Waals surface area contributed by atoms with Gasteiger partial charge in [0.15, 0.2) is 0 Å². The van der Waals surface area contributed by atoms with E-state index in [0.29, 0.717) is 18.7 Å². The van der Waals surface area contributed by atoms with Gasteiger partial charge in [-0.05, 0) is 23.8 Å². The molecule has 2 aromatic rings. The van der Waals surface area contributed by atoms with E-state index in [1.54, 1.807) is 11.0 Å². The summed E-state index contributed by atoms with van der Waals surface area (Å²) in [5, 5.41) is 0.109. The van der Waals surface area contributed by atoms with Crippen molar-refractivity contribution in [3.05, 3.63) is 64.7 Å². The summed E-state index contributed by atoms with van der Waals surface area (Å²) in [6.07, 6.45) is 0. The zero-order valence-electron chi connectivity index (χ0n) is 16.0. The summed E-state index contributed by atoms with van der Waals surface area (Å²) < 4.78 is 25.9. The molecule has 1 aliphatic rings. The lowest BCUT2D eigenvalue weighted by Gasteiger charge is -2.35. The van der Waals surface area contributed by atoms with Crippen molar-refractivity contribution in [3.63, 3.8) is 0 Å². The highest BCUT2D eigenvalue weighted by Gasteiger charge is 2.26. The van der Waals surface area contributed by atoms with Crippen LogP contribution in [0.1, 0.15) is 15.9 Å². The van der Waals surface area contributed by atoms with Gasteiger partial charge in [-0.25, -0.2) is 12.7 Å². The fraction of sp³-hybridized carbons (Fsp3) is 0.350. The van der Waals surface area contributed by atoms with Gasteiger partial charge in [0, 0.05) is 52.4 Å². The molecule has 0 atom stereocenters. The van der Waals surface area contributed by atoms with Gasteiger partial charge in [-0.1, -0.05) is 41.9 Å². The van der Waals surface area contributed by atoms with Crippen molar-refractivity contribution in [2.75, 3.05) is 40.3 Å². The SMILES string of the molecule is CN(C)S(=O)(=O)c1cc(C(=O)N2CCN(Cc3ccccc3)CC2)ccc1Cl. The molecule has 1 aliphatic heterocycles. The molecule has 0 radical (unpaired) electrons. The Morgan fingerprint density at radius 3 is 2.29 bits per heavy atom. The van der Waals surface area contributed by atoms with Gasteiger partial charge in [0.1, 0.15) is 4.90 Å². The summed E-state index contributed by atoms with van der Waals surface area (Å²) in [5.41, 5.74) is 1.58. The van der Waals surface area contributed by atoms with Gasteiger partial charge in [0.2, 0.25) is 10.0 Å². The lowest BCUT2D eigenvalue weighted by Crippen LogP contribution is -2.48. The van der Waals surface area contributed by atoms with Crippen LogP contribution >= 0.6 is 11.6 Å². The molecule has 2 aromatic carbocycles. The fourth-order valence-electron chi connectivity index (χ4n) is 3.16. The predicted octanol–water partition coefficient (Wildman–Crippen LogP) is 2.55. The first kappa shape index (κ1) is 20.8. The highest BCUT2D eigenvalue weighted by molar-refractivity contribution is 7.89. The molecule has 8 heteroatoms. The second-order valence-corrected chi connectivity index (χ2v) is 9.51. The number of rotatable bonds is 5. The maximum atomic E-state index is 12.9. The zero-order chi connectivity index (χ0) is 20.3. The standard InChI is InChI=1S/C20H24ClN3O3S/c1-22(2)28(26,27)19-14-17(8-9-18(19)21)20(25)24-12-10-23(11-13-24)15-16-6-4-3-5-7-16/h3-9,14H,10-13,15H2,1-2H3. The first-order valence-corrected chi connectivity index (χ1v) is 10.9. The van der Waals surface area contributed by atoms with Gasteiger partial charge in [0.05, 0.1) is 5.02 Å². The van der Waals surface area contributed by atoms with Crippen LogP contribution in [-0.4, -0.2) is 68.7 Å². The quantitative estimate of drug-likeness (QED) is 0.744. The van der Waals surface area contributed by atoms with E-state index < -0.39 is 10.0 Å². The van der Waals surface area contributed by atoms with E-state index in [1.807, 2.05) is 18.2 Å². The second-order valence-electron chi connectivity index (χ2n) is 6.99. The van der Waals surface area contributed by atoms with E-state index in [-0.39, 0.29) is 15.8 Å². The molecule has 1 amide bonds. The third-order valence-corrected chi connectivity index (χ3v) is 7.14. The van der Waals surface area contributed by atoms with Crippen molar-refractivity contribution < 1.29 is 13.2 Å². The number of nitrogens with zero attached hydrogens (tertiary/aromatic N) is 3. The summed E-state index contributed by atoms with van der Waals surface area (Å²) in [5.74, 6) is -0.175. The minimum Gasteiger partial charge on any atom is -0.336 e. The predicted molar refractivity (Wildman–Crippen MR) is 110 cm³/mol. The molecule has 1 fully saturated rings. The number of halogens is 1. The van der Waals surface area contributed by atoms with Crippen molar-refractivity contribution in [1.29, 1.82) is 0 Å². The lowest BCUT2D eigenvalue weighted by atomic mass is 10.1. The van der Waals surface area contributed by atoms with Gasteiger partial charge >= 0.3 is 0 Å². The van der Waals surface area contributed by atoms with Crippen LogP contribution in [0.4, 0.5) is 0 Å². The molecule has 150 valence electrons. The highest BCUT2D eigenvalue weighted by atomic mass is 35.5. The van der Waals surface area contributed by atoms with Crippen LogP contribution in [-0.2, 0) is 16.6 Å². The normalized spacial score (nSPS) is 15.8. The van der Waals surface area contributed by atoms with E-state index in [4.69, 9.17) is 11.6 Å². The Morgan fingerprint density at radius 1 is 1.04 bits per heavy atom. The van der Waals surface area contributed by atoms with Crippen molar-refractivity contribution >= 4 is 27.5 Å². The van der Waals surface area contributed by atoms with Crippen molar-refractivity contribution in [2.24, 2.45) is 0 Å². The molecular weight excluding hydrogens is 398 g/mol. The van der Waals surface area contributed by atoms with E-state index in [0.717, 1.165) is 23.9 Å². The van der Waals surface area contributed by atoms with Gasteiger partial charge in [-0.3, -0.25) is 9.69 Å². The number of benzene rings is 2. The summed E-state index contributed by atoms with van der Waals surface area (Å²) in [4.78, 5) is 16.9. The summed E-state index contributed by atoms with van der Waals surface area (Å²) in [7, 11) is -0.842. The Labute approximate surface area is 171 Å². The third-order valence-electron chi connectivity index (χ3n) is 4.85. The molecule has 28 heavy (non-hydrogen) atoms. The molecule has 0 aromatic heterocycles. The maximum absolute atomic E-state index is 12.9. The molecule has 1 heterocycles. The lowest BCUT2D eigenvalue weighted by molar-refractivity contribution is 0.0628. The first-order chi connectivity index (χ1) is 13.3. The average molecular weight is 422 g/mol. The largest absolute Gasteiger partial charge is 0.336 e. The van der Waals surface area contributed by atoms with Crippen molar-refractivity contribution in [2.45, 2.75) is 11.4 Å². The maximum Gasteiger partial charge on any atom is 0.253 e. The second kappa shape index (κ2) is 8.61. The number of sulfonamides is 1. The van der Waals surface area contributed by atoms with Crippen LogP contribution in [0.2, 0.25) is 5.02 Å². The fourth-order valence-corrected chi connectivity index (χ4v) is 4.56. The summed E-state index contributed by atoms with van der Waals surface area (Å²) in [6.45, 7) is 3.61. The van der Waals surface area contributed by atoms with E-state index in [2.05, 4.69) is 17.0 Å². The molecule has 3 rings (SSSR count). The monoisotopic (exact) mass is 421 g/mol.